The lowest BCUT2D eigenvalue weighted by Crippen LogP contribution is -1.85. The highest BCUT2D eigenvalue weighted by Gasteiger charge is 2.02. The Kier molecular flexibility index (Phi) is 1.65. The van der Waals surface area contributed by atoms with Gasteiger partial charge in [-0.25, -0.2) is 8.96 Å². The predicted molar refractivity (Wildman–Crippen MR) is 48.2 cm³/mol. The highest BCUT2D eigenvalue weighted by molar-refractivity contribution is 7.92. The van der Waals surface area contributed by atoms with Crippen molar-refractivity contribution in [1.82, 2.24) is 8.96 Å². The van der Waals surface area contributed by atoms with Gasteiger partial charge in [0.15, 0.2) is 12.3 Å². The smallest absolute Gasteiger partial charge is 0.171 e. The molecule has 0 radical (unpaired) electrons. The van der Waals surface area contributed by atoms with Gasteiger partial charge in [0.25, 0.3) is 0 Å². The molecule has 0 bridgehead atoms. The third-order valence-corrected chi connectivity index (χ3v) is 2.05. The molecule has 0 atom stereocenters. The summed E-state index contributed by atoms with van der Waals surface area (Å²) in [5.41, 5.74) is 7.58. The van der Waals surface area contributed by atoms with Gasteiger partial charge in [0.1, 0.15) is 6.33 Å². The maximum absolute atomic E-state index is 12.2. The second kappa shape index (κ2) is 2.67. The summed E-state index contributed by atoms with van der Waals surface area (Å²) in [6.45, 7) is 0. The number of hydrogen-bond acceptors (Lipinski definition) is 3. The van der Waals surface area contributed by atoms with Crippen molar-refractivity contribution in [2.75, 3.05) is 5.73 Å². The molecule has 2 aromatic rings. The molecule has 2 rings (SSSR count). The van der Waals surface area contributed by atoms with Gasteiger partial charge in [0, 0.05) is 5.69 Å². The van der Waals surface area contributed by atoms with Gasteiger partial charge in [-0.15, -0.1) is 3.89 Å². The first kappa shape index (κ1) is 7.42. The van der Waals surface area contributed by atoms with Crippen molar-refractivity contribution < 1.29 is 3.89 Å². The average Bonchev–Trinajstić information content (AvgIpc) is 2.46. The molecule has 12 heavy (non-hydrogen) atoms. The topological polar surface area (TPSA) is 43.8 Å². The number of hydrogen-bond donors (Lipinski definition) is 1. The SMILES string of the molecule is Nc1ccc2ncn(SF)c2c1. The maximum Gasteiger partial charge on any atom is 0.171 e. The first-order valence-corrected chi connectivity index (χ1v) is 4.00. The van der Waals surface area contributed by atoms with E-state index in [9.17, 15) is 3.89 Å². The fourth-order valence-electron chi connectivity index (χ4n) is 1.06. The third-order valence-electron chi connectivity index (χ3n) is 1.61. The zero-order valence-corrected chi connectivity index (χ0v) is 6.88. The summed E-state index contributed by atoms with van der Waals surface area (Å²) in [5.74, 6) is 0. The highest BCUT2D eigenvalue weighted by atomic mass is 32.2. The molecule has 1 heterocycles. The number of nitrogens with zero attached hydrogens (tertiary/aromatic N) is 2. The number of fused-ring (bicyclic) bond motifs is 1. The average molecular weight is 183 g/mol. The van der Waals surface area contributed by atoms with Gasteiger partial charge in [0.05, 0.1) is 11.0 Å². The third kappa shape index (κ3) is 1.02. The quantitative estimate of drug-likeness (QED) is 0.687. The van der Waals surface area contributed by atoms with Gasteiger partial charge in [0.2, 0.25) is 0 Å². The highest BCUT2D eigenvalue weighted by Crippen LogP contribution is 2.20. The molecule has 1 aromatic carbocycles. The second-order valence-electron chi connectivity index (χ2n) is 2.39. The molecular formula is C7H6FN3S. The van der Waals surface area contributed by atoms with Crippen LogP contribution in [0.25, 0.3) is 11.0 Å². The molecule has 0 aliphatic carbocycles. The van der Waals surface area contributed by atoms with Crippen molar-refractivity contribution in [3.8, 4) is 0 Å². The van der Waals surface area contributed by atoms with Gasteiger partial charge in [-0.1, -0.05) is 0 Å². The van der Waals surface area contributed by atoms with Crippen LogP contribution in [-0.4, -0.2) is 8.96 Å². The van der Waals surface area contributed by atoms with Crippen molar-refractivity contribution in [2.24, 2.45) is 0 Å². The molecule has 0 aliphatic rings. The number of benzene rings is 1. The minimum Gasteiger partial charge on any atom is -0.399 e. The molecule has 2 N–H and O–H groups in total. The number of nitrogens with two attached hydrogens (primary N) is 1. The Balaban J connectivity index is 2.75. The minimum absolute atomic E-state index is 0.112. The molecular weight excluding hydrogens is 177 g/mol. The van der Waals surface area contributed by atoms with Gasteiger partial charge in [-0.05, 0) is 18.2 Å². The fraction of sp³-hybridized carbons (Fsp3) is 0. The molecule has 0 aliphatic heterocycles. The molecule has 0 saturated carbocycles. The Morgan fingerprint density at radius 2 is 2.33 bits per heavy atom. The summed E-state index contributed by atoms with van der Waals surface area (Å²) in [7, 11) is 0. The summed E-state index contributed by atoms with van der Waals surface area (Å²) in [6, 6.07) is 5.19. The van der Waals surface area contributed by atoms with Crippen molar-refractivity contribution in [2.45, 2.75) is 0 Å². The van der Waals surface area contributed by atoms with Crippen LogP contribution < -0.4 is 5.73 Å². The molecule has 0 saturated heterocycles. The number of imidazole rings is 1. The van der Waals surface area contributed by atoms with Crippen molar-refractivity contribution in [1.29, 1.82) is 0 Å². The maximum atomic E-state index is 12.2. The van der Waals surface area contributed by atoms with E-state index >= 15 is 0 Å². The van der Waals surface area contributed by atoms with E-state index in [-0.39, 0.29) is 12.3 Å². The number of aromatic nitrogens is 2. The predicted octanol–water partition coefficient (Wildman–Crippen LogP) is 2.00. The van der Waals surface area contributed by atoms with Crippen LogP contribution in [0.2, 0.25) is 0 Å². The lowest BCUT2D eigenvalue weighted by atomic mass is 10.3. The van der Waals surface area contributed by atoms with Gasteiger partial charge in [-0.2, -0.15) is 0 Å². The zero-order chi connectivity index (χ0) is 8.55. The van der Waals surface area contributed by atoms with Crippen LogP contribution in [0, 0.1) is 0 Å². The molecule has 62 valence electrons. The molecule has 0 unspecified atom stereocenters. The van der Waals surface area contributed by atoms with Crippen LogP contribution in [0.1, 0.15) is 0 Å². The number of nitrogen functional groups attached to an aromatic ring is 1. The molecule has 0 spiro atoms. The summed E-state index contributed by atoms with van der Waals surface area (Å²) in [6.07, 6.45) is 1.43. The van der Waals surface area contributed by atoms with E-state index in [2.05, 4.69) is 4.98 Å². The first-order valence-electron chi connectivity index (χ1n) is 3.33. The largest absolute Gasteiger partial charge is 0.399 e. The molecule has 0 amide bonds. The first-order chi connectivity index (χ1) is 5.81. The van der Waals surface area contributed by atoms with Crippen molar-refractivity contribution in [3.63, 3.8) is 0 Å². The van der Waals surface area contributed by atoms with Crippen molar-refractivity contribution >= 4 is 29.1 Å². The monoisotopic (exact) mass is 183 g/mol. The van der Waals surface area contributed by atoms with E-state index in [1.807, 2.05) is 0 Å². The molecule has 3 nitrogen and oxygen atoms in total. The Morgan fingerprint density at radius 1 is 1.50 bits per heavy atom. The molecule has 5 heteroatoms. The standard InChI is InChI=1S/C7H6FN3S/c8-12-11-4-10-6-2-1-5(9)3-7(6)11/h1-4H,9H2. The normalized spacial score (nSPS) is 10.8. The Bertz CT molecular complexity index is 412. The summed E-state index contributed by atoms with van der Waals surface area (Å²) in [4.78, 5) is 3.98. The van der Waals surface area contributed by atoms with Crippen LogP contribution in [0.15, 0.2) is 24.5 Å². The van der Waals surface area contributed by atoms with Gasteiger partial charge < -0.3 is 5.73 Å². The second-order valence-corrected chi connectivity index (χ2v) is 2.92. The summed E-state index contributed by atoms with van der Waals surface area (Å²) < 4.78 is 13.5. The van der Waals surface area contributed by atoms with Crippen LogP contribution >= 0.6 is 12.3 Å². The Labute approximate surface area is 72.8 Å². The summed E-state index contributed by atoms with van der Waals surface area (Å²) >= 11 is 0.112. The van der Waals surface area contributed by atoms with Crippen LogP contribution in [-0.2, 0) is 0 Å². The van der Waals surface area contributed by atoms with E-state index in [4.69, 9.17) is 5.73 Å². The van der Waals surface area contributed by atoms with Crippen LogP contribution in [0.5, 0.6) is 0 Å². The van der Waals surface area contributed by atoms with Gasteiger partial charge >= 0.3 is 0 Å². The van der Waals surface area contributed by atoms with E-state index < -0.39 is 0 Å². The van der Waals surface area contributed by atoms with E-state index in [1.165, 1.54) is 10.3 Å². The van der Waals surface area contributed by atoms with Crippen LogP contribution in [0.4, 0.5) is 9.57 Å². The van der Waals surface area contributed by atoms with Crippen LogP contribution in [0.3, 0.4) is 0 Å². The van der Waals surface area contributed by atoms with E-state index in [1.54, 1.807) is 18.2 Å². The lowest BCUT2D eigenvalue weighted by Gasteiger charge is -1.95. The zero-order valence-electron chi connectivity index (χ0n) is 6.07. The van der Waals surface area contributed by atoms with E-state index in [0.29, 0.717) is 11.2 Å². The Hall–Kier alpha value is -1.23. The summed E-state index contributed by atoms with van der Waals surface area (Å²) in [5, 5.41) is 0. The van der Waals surface area contributed by atoms with Crippen molar-refractivity contribution in [3.05, 3.63) is 24.5 Å². The fourth-order valence-corrected chi connectivity index (χ4v) is 1.36. The number of rotatable bonds is 1. The molecule has 0 fully saturated rings. The molecule has 1 aromatic heterocycles. The lowest BCUT2D eigenvalue weighted by molar-refractivity contribution is 0.919. The minimum atomic E-state index is 0.112. The number of anilines is 1. The number of halogens is 1. The van der Waals surface area contributed by atoms with Gasteiger partial charge in [-0.3, -0.25) is 0 Å². The Morgan fingerprint density at radius 3 is 3.08 bits per heavy atom. The van der Waals surface area contributed by atoms with E-state index in [0.717, 1.165) is 5.52 Å².